The molecule has 1 aromatic carbocycles. The van der Waals surface area contributed by atoms with Crippen molar-refractivity contribution < 1.29 is 0 Å². The predicted octanol–water partition coefficient (Wildman–Crippen LogP) is 4.15. The highest BCUT2D eigenvalue weighted by Crippen LogP contribution is 2.24. The first-order valence-corrected chi connectivity index (χ1v) is 11.9. The van der Waals surface area contributed by atoms with Crippen LogP contribution in [-0.2, 0) is 0 Å². The highest BCUT2D eigenvalue weighted by Gasteiger charge is 2.14. The van der Waals surface area contributed by atoms with Gasteiger partial charge in [-0.05, 0) is 74.5 Å². The maximum Gasteiger partial charge on any atom is 0.229 e. The first-order valence-electron chi connectivity index (χ1n) is 11.9. The zero-order valence-electron chi connectivity index (χ0n) is 19.8. The number of fused-ring (bicyclic) bond motifs is 1. The Morgan fingerprint density at radius 3 is 2.64 bits per heavy atom. The molecule has 1 fully saturated rings. The molecule has 180 valence electrons. The molecular formula is C26H26N10. The lowest BCUT2D eigenvalue weighted by Gasteiger charge is -2.13. The quantitative estimate of drug-likeness (QED) is 0.274. The number of nitrogens with zero attached hydrogens (tertiary/aromatic N) is 6. The van der Waals surface area contributed by atoms with E-state index in [0.717, 1.165) is 42.1 Å². The van der Waals surface area contributed by atoms with E-state index in [1.54, 1.807) is 16.8 Å². The molecule has 0 saturated carbocycles. The third-order valence-corrected chi connectivity index (χ3v) is 5.98. The van der Waals surface area contributed by atoms with Gasteiger partial charge in [-0.15, -0.1) is 5.10 Å². The van der Waals surface area contributed by atoms with Crippen LogP contribution in [0.15, 0.2) is 73.1 Å². The van der Waals surface area contributed by atoms with Crippen LogP contribution >= 0.6 is 0 Å². The summed E-state index contributed by atoms with van der Waals surface area (Å²) in [6.07, 6.45) is 4.73. The van der Waals surface area contributed by atoms with Gasteiger partial charge >= 0.3 is 0 Å². The molecule has 5 heterocycles. The van der Waals surface area contributed by atoms with Crippen LogP contribution in [0.1, 0.15) is 12.1 Å². The van der Waals surface area contributed by atoms with E-state index in [0.29, 0.717) is 35.1 Å². The SMILES string of the molecule is Cc1cccc(-c2nc(Nc3ccnc(Nc4ccc(NC5CCNC5)cc4)n3)c3cccn3n2)n1. The Kier molecular flexibility index (Phi) is 5.84. The highest BCUT2D eigenvalue weighted by atomic mass is 15.3. The van der Waals surface area contributed by atoms with Crippen molar-refractivity contribution >= 4 is 34.5 Å². The molecule has 0 spiro atoms. The van der Waals surface area contributed by atoms with Crippen molar-refractivity contribution in [2.75, 3.05) is 29.0 Å². The van der Waals surface area contributed by atoms with E-state index in [1.807, 2.05) is 55.6 Å². The van der Waals surface area contributed by atoms with Gasteiger partial charge < -0.3 is 21.3 Å². The number of pyridine rings is 1. The van der Waals surface area contributed by atoms with Crippen molar-refractivity contribution in [3.63, 3.8) is 0 Å². The monoisotopic (exact) mass is 478 g/mol. The molecule has 0 aliphatic carbocycles. The zero-order chi connectivity index (χ0) is 24.3. The number of hydrogen-bond donors (Lipinski definition) is 4. The maximum absolute atomic E-state index is 4.75. The molecule has 1 saturated heterocycles. The summed E-state index contributed by atoms with van der Waals surface area (Å²) in [5.41, 5.74) is 4.46. The Hall–Kier alpha value is -4.57. The summed E-state index contributed by atoms with van der Waals surface area (Å²) in [6, 6.07) is 20.1. The van der Waals surface area contributed by atoms with Gasteiger partial charge in [0.25, 0.3) is 0 Å². The number of anilines is 5. The summed E-state index contributed by atoms with van der Waals surface area (Å²) in [5, 5.41) is 18.1. The standard InChI is InChI=1S/C26H26N10/c1-17-4-2-5-21(29-17)24-34-25(22-6-3-15-36(22)35-24)32-23-12-14-28-26(33-23)31-19-9-7-18(8-10-19)30-20-11-13-27-16-20/h2-10,12,14-15,20,27,30H,11,13,16H2,1H3,(H2,28,31,32,33,34,35). The topological polar surface area (TPSA) is 117 Å². The summed E-state index contributed by atoms with van der Waals surface area (Å²) in [7, 11) is 0. The lowest BCUT2D eigenvalue weighted by atomic mass is 10.2. The number of aromatic nitrogens is 6. The highest BCUT2D eigenvalue weighted by molar-refractivity contribution is 5.74. The fourth-order valence-electron chi connectivity index (χ4n) is 4.20. The largest absolute Gasteiger partial charge is 0.381 e. The average Bonchev–Trinajstić information content (AvgIpc) is 3.58. The smallest absolute Gasteiger partial charge is 0.229 e. The summed E-state index contributed by atoms with van der Waals surface area (Å²) < 4.78 is 1.78. The van der Waals surface area contributed by atoms with E-state index in [2.05, 4.69) is 53.5 Å². The third-order valence-electron chi connectivity index (χ3n) is 5.98. The molecule has 0 radical (unpaired) electrons. The van der Waals surface area contributed by atoms with Crippen LogP contribution in [-0.4, -0.2) is 48.7 Å². The van der Waals surface area contributed by atoms with E-state index in [9.17, 15) is 0 Å². The second kappa shape index (κ2) is 9.59. The van der Waals surface area contributed by atoms with Crippen molar-refractivity contribution in [1.29, 1.82) is 0 Å². The zero-order valence-corrected chi connectivity index (χ0v) is 19.8. The van der Waals surface area contributed by atoms with Gasteiger partial charge in [-0.25, -0.2) is 19.5 Å². The Bertz CT molecular complexity index is 1490. The second-order valence-corrected chi connectivity index (χ2v) is 8.71. The van der Waals surface area contributed by atoms with Crippen molar-refractivity contribution in [2.45, 2.75) is 19.4 Å². The Balaban J connectivity index is 1.21. The number of benzene rings is 1. The molecule has 36 heavy (non-hydrogen) atoms. The molecule has 1 unspecified atom stereocenters. The van der Waals surface area contributed by atoms with Crippen molar-refractivity contribution in [1.82, 2.24) is 34.9 Å². The molecule has 1 aliphatic heterocycles. The van der Waals surface area contributed by atoms with Gasteiger partial charge in [0.2, 0.25) is 11.8 Å². The fraction of sp³-hybridized carbons (Fsp3) is 0.192. The molecule has 0 amide bonds. The lowest BCUT2D eigenvalue weighted by molar-refractivity contribution is 0.793. The van der Waals surface area contributed by atoms with Crippen LogP contribution in [0.25, 0.3) is 17.0 Å². The molecule has 5 aromatic rings. The Morgan fingerprint density at radius 1 is 0.917 bits per heavy atom. The van der Waals surface area contributed by atoms with Gasteiger partial charge in [0.05, 0.1) is 0 Å². The molecule has 6 rings (SSSR count). The van der Waals surface area contributed by atoms with Crippen molar-refractivity contribution in [3.05, 3.63) is 78.8 Å². The summed E-state index contributed by atoms with van der Waals surface area (Å²) in [5.74, 6) is 2.26. The van der Waals surface area contributed by atoms with E-state index in [4.69, 9.17) is 4.98 Å². The van der Waals surface area contributed by atoms with E-state index < -0.39 is 0 Å². The summed E-state index contributed by atoms with van der Waals surface area (Å²) in [4.78, 5) is 18.3. The lowest BCUT2D eigenvalue weighted by Crippen LogP contribution is -2.21. The third kappa shape index (κ3) is 4.80. The number of nitrogens with one attached hydrogen (secondary N) is 4. The molecule has 1 atom stereocenters. The second-order valence-electron chi connectivity index (χ2n) is 8.71. The molecular weight excluding hydrogens is 452 g/mol. The Morgan fingerprint density at radius 2 is 1.81 bits per heavy atom. The maximum atomic E-state index is 4.75. The fourth-order valence-corrected chi connectivity index (χ4v) is 4.20. The van der Waals surface area contributed by atoms with Gasteiger partial charge in [0.15, 0.2) is 5.82 Å². The van der Waals surface area contributed by atoms with Crippen molar-refractivity contribution in [2.24, 2.45) is 0 Å². The minimum atomic E-state index is 0.478. The van der Waals surface area contributed by atoms with Crippen LogP contribution in [0.3, 0.4) is 0 Å². The van der Waals surface area contributed by atoms with E-state index >= 15 is 0 Å². The minimum Gasteiger partial charge on any atom is -0.381 e. The van der Waals surface area contributed by atoms with Crippen molar-refractivity contribution in [3.8, 4) is 11.5 Å². The Labute approximate surface area is 208 Å². The molecule has 0 bridgehead atoms. The molecule has 4 aromatic heterocycles. The summed E-state index contributed by atoms with van der Waals surface area (Å²) in [6.45, 7) is 4.01. The number of rotatable bonds is 7. The van der Waals surface area contributed by atoms with E-state index in [1.165, 1.54) is 0 Å². The van der Waals surface area contributed by atoms with Gasteiger partial charge in [-0.1, -0.05) is 6.07 Å². The molecule has 10 heteroatoms. The van der Waals surface area contributed by atoms with E-state index in [-0.39, 0.29) is 0 Å². The average molecular weight is 479 g/mol. The van der Waals surface area contributed by atoms with Gasteiger partial charge in [0.1, 0.15) is 17.0 Å². The van der Waals surface area contributed by atoms with Gasteiger partial charge in [0, 0.05) is 42.0 Å². The molecule has 10 nitrogen and oxygen atoms in total. The van der Waals surface area contributed by atoms with Crippen LogP contribution < -0.4 is 21.3 Å². The van der Waals surface area contributed by atoms with Crippen LogP contribution in [0.2, 0.25) is 0 Å². The first-order chi connectivity index (χ1) is 17.7. The van der Waals surface area contributed by atoms with Crippen LogP contribution in [0.4, 0.5) is 29.0 Å². The number of aryl methyl sites for hydroxylation is 1. The van der Waals surface area contributed by atoms with Crippen LogP contribution in [0, 0.1) is 6.92 Å². The first kappa shape index (κ1) is 21.9. The van der Waals surface area contributed by atoms with Crippen LogP contribution in [0.5, 0.6) is 0 Å². The molecule has 1 aliphatic rings. The number of hydrogen-bond acceptors (Lipinski definition) is 9. The normalized spacial score (nSPS) is 15.2. The van der Waals surface area contributed by atoms with Gasteiger partial charge in [-0.3, -0.25) is 0 Å². The predicted molar refractivity (Wildman–Crippen MR) is 141 cm³/mol. The van der Waals surface area contributed by atoms with Gasteiger partial charge in [-0.2, -0.15) is 4.98 Å². The summed E-state index contributed by atoms with van der Waals surface area (Å²) >= 11 is 0. The minimum absolute atomic E-state index is 0.478. The molecule has 4 N–H and O–H groups in total.